The molecule has 1 amide bonds. The molecule has 0 saturated heterocycles. The molecular weight excluding hydrogens is 358 g/mol. The van der Waals surface area contributed by atoms with Gasteiger partial charge in [0.05, 0.1) is 16.7 Å². The fraction of sp³-hybridized carbons (Fsp3) is 0.190. The highest BCUT2D eigenvalue weighted by Gasteiger charge is 2.17. The molecule has 2 aromatic carbocycles. The van der Waals surface area contributed by atoms with Crippen LogP contribution < -0.4 is 10.5 Å². The standard InChI is InChI=1S/C21H21N3O2S/c1-3-14-24-20(26)17-12-8-9-13-18(17)22-21(24)27-15-19(25)23(4-2)16-10-6-5-7-11-16/h3,5-13H,1,4,14-15H2,2H3. The van der Waals surface area contributed by atoms with Crippen molar-refractivity contribution in [3.8, 4) is 0 Å². The second-order valence-electron chi connectivity index (χ2n) is 5.88. The summed E-state index contributed by atoms with van der Waals surface area (Å²) in [7, 11) is 0. The van der Waals surface area contributed by atoms with E-state index in [2.05, 4.69) is 11.6 Å². The number of rotatable bonds is 7. The first kappa shape index (κ1) is 18.9. The van der Waals surface area contributed by atoms with Crippen LogP contribution in [0.3, 0.4) is 0 Å². The minimum Gasteiger partial charge on any atom is -0.312 e. The molecule has 0 atom stereocenters. The van der Waals surface area contributed by atoms with Crippen molar-refractivity contribution in [3.63, 3.8) is 0 Å². The van der Waals surface area contributed by atoms with Crippen molar-refractivity contribution in [3.05, 3.63) is 77.6 Å². The monoisotopic (exact) mass is 379 g/mol. The summed E-state index contributed by atoms with van der Waals surface area (Å²) in [4.78, 5) is 31.8. The van der Waals surface area contributed by atoms with Crippen molar-refractivity contribution in [1.29, 1.82) is 0 Å². The summed E-state index contributed by atoms with van der Waals surface area (Å²) in [5.41, 5.74) is 1.37. The highest BCUT2D eigenvalue weighted by molar-refractivity contribution is 7.99. The lowest BCUT2D eigenvalue weighted by Gasteiger charge is -2.21. The molecule has 0 bridgehead atoms. The van der Waals surface area contributed by atoms with Crippen LogP contribution in [0, 0.1) is 0 Å². The molecule has 3 aromatic rings. The maximum Gasteiger partial charge on any atom is 0.262 e. The number of nitrogens with zero attached hydrogens (tertiary/aromatic N) is 3. The number of hydrogen-bond donors (Lipinski definition) is 0. The number of benzene rings is 2. The molecule has 0 N–H and O–H groups in total. The largest absolute Gasteiger partial charge is 0.312 e. The van der Waals surface area contributed by atoms with Crippen LogP contribution >= 0.6 is 11.8 Å². The maximum atomic E-state index is 12.8. The summed E-state index contributed by atoms with van der Waals surface area (Å²) in [5, 5.41) is 1.09. The SMILES string of the molecule is C=CCn1c(SCC(=O)N(CC)c2ccccc2)nc2ccccc2c1=O. The number of hydrogen-bond acceptors (Lipinski definition) is 4. The van der Waals surface area contributed by atoms with E-state index in [9.17, 15) is 9.59 Å². The lowest BCUT2D eigenvalue weighted by atomic mass is 10.2. The molecule has 0 saturated carbocycles. The molecular formula is C21H21N3O2S. The van der Waals surface area contributed by atoms with Gasteiger partial charge >= 0.3 is 0 Å². The lowest BCUT2D eigenvalue weighted by molar-refractivity contribution is -0.116. The van der Waals surface area contributed by atoms with E-state index in [-0.39, 0.29) is 17.2 Å². The van der Waals surface area contributed by atoms with Crippen molar-refractivity contribution in [1.82, 2.24) is 9.55 Å². The summed E-state index contributed by atoms with van der Waals surface area (Å²) in [6, 6.07) is 16.8. The number of para-hydroxylation sites is 2. The smallest absolute Gasteiger partial charge is 0.262 e. The van der Waals surface area contributed by atoms with Crippen molar-refractivity contribution in [2.45, 2.75) is 18.6 Å². The van der Waals surface area contributed by atoms with Crippen LogP contribution in [-0.4, -0.2) is 27.8 Å². The van der Waals surface area contributed by atoms with Crippen LogP contribution in [0.25, 0.3) is 10.9 Å². The molecule has 0 aliphatic rings. The number of carbonyl (C=O) groups is 1. The molecule has 3 rings (SSSR count). The Morgan fingerprint density at radius 3 is 2.59 bits per heavy atom. The van der Waals surface area contributed by atoms with Crippen molar-refractivity contribution < 1.29 is 4.79 Å². The van der Waals surface area contributed by atoms with E-state index in [0.29, 0.717) is 29.1 Å². The van der Waals surface area contributed by atoms with Crippen LogP contribution in [0.2, 0.25) is 0 Å². The van der Waals surface area contributed by atoms with Gasteiger partial charge in [-0.25, -0.2) is 4.98 Å². The number of amides is 1. The second-order valence-corrected chi connectivity index (χ2v) is 6.82. The van der Waals surface area contributed by atoms with E-state index in [4.69, 9.17) is 0 Å². The van der Waals surface area contributed by atoms with Crippen LogP contribution in [0.1, 0.15) is 6.92 Å². The molecule has 0 unspecified atom stereocenters. The van der Waals surface area contributed by atoms with Gasteiger partial charge in [-0.1, -0.05) is 48.2 Å². The molecule has 6 heteroatoms. The number of carbonyl (C=O) groups excluding carboxylic acids is 1. The van der Waals surface area contributed by atoms with Crippen molar-refractivity contribution in [2.24, 2.45) is 0 Å². The fourth-order valence-electron chi connectivity index (χ4n) is 2.86. The maximum absolute atomic E-state index is 12.8. The second kappa shape index (κ2) is 8.68. The molecule has 138 valence electrons. The third-order valence-corrected chi connectivity index (χ3v) is 5.11. The van der Waals surface area contributed by atoms with E-state index in [1.54, 1.807) is 21.6 Å². The predicted octanol–water partition coefficient (Wildman–Crippen LogP) is 3.73. The van der Waals surface area contributed by atoms with Crippen LogP contribution in [0.5, 0.6) is 0 Å². The number of thioether (sulfide) groups is 1. The predicted molar refractivity (Wildman–Crippen MR) is 111 cm³/mol. The fourth-order valence-corrected chi connectivity index (χ4v) is 3.75. The third-order valence-electron chi connectivity index (χ3n) is 4.15. The van der Waals surface area contributed by atoms with E-state index in [1.807, 2.05) is 55.5 Å². The molecule has 5 nitrogen and oxygen atoms in total. The summed E-state index contributed by atoms with van der Waals surface area (Å²) in [5.74, 6) is 0.172. The highest BCUT2D eigenvalue weighted by Crippen LogP contribution is 2.20. The van der Waals surface area contributed by atoms with Gasteiger partial charge in [0.15, 0.2) is 5.16 Å². The Labute approximate surface area is 162 Å². The van der Waals surface area contributed by atoms with Crippen LogP contribution in [0.15, 0.2) is 77.2 Å². The Morgan fingerprint density at radius 2 is 1.89 bits per heavy atom. The quantitative estimate of drug-likeness (QED) is 0.357. The zero-order chi connectivity index (χ0) is 19.2. The van der Waals surface area contributed by atoms with Gasteiger partial charge in [0.2, 0.25) is 5.91 Å². The van der Waals surface area contributed by atoms with Crippen molar-refractivity contribution >= 4 is 34.3 Å². The molecule has 0 spiro atoms. The first-order valence-corrected chi connectivity index (χ1v) is 9.73. The summed E-state index contributed by atoms with van der Waals surface area (Å²) in [6.07, 6.45) is 1.66. The Kier molecular flexibility index (Phi) is 6.08. The minimum atomic E-state index is -0.120. The van der Waals surface area contributed by atoms with Gasteiger partial charge in [0.25, 0.3) is 5.56 Å². The third kappa shape index (κ3) is 4.11. The number of aromatic nitrogens is 2. The Morgan fingerprint density at radius 1 is 1.19 bits per heavy atom. The van der Waals surface area contributed by atoms with Gasteiger partial charge in [-0.15, -0.1) is 6.58 Å². The molecule has 0 radical (unpaired) electrons. The molecule has 1 aromatic heterocycles. The number of anilines is 1. The van der Waals surface area contributed by atoms with Crippen molar-refractivity contribution in [2.75, 3.05) is 17.2 Å². The van der Waals surface area contributed by atoms with Crippen LogP contribution in [-0.2, 0) is 11.3 Å². The van der Waals surface area contributed by atoms with E-state index < -0.39 is 0 Å². The van der Waals surface area contributed by atoms with E-state index in [1.165, 1.54) is 11.8 Å². The first-order chi connectivity index (χ1) is 13.2. The molecule has 1 heterocycles. The van der Waals surface area contributed by atoms with Gasteiger partial charge < -0.3 is 4.90 Å². The van der Waals surface area contributed by atoms with Gasteiger partial charge in [0, 0.05) is 18.8 Å². The van der Waals surface area contributed by atoms with E-state index >= 15 is 0 Å². The Hall–Kier alpha value is -2.86. The molecule has 0 fully saturated rings. The first-order valence-electron chi connectivity index (χ1n) is 8.74. The highest BCUT2D eigenvalue weighted by atomic mass is 32.2. The van der Waals surface area contributed by atoms with Crippen LogP contribution in [0.4, 0.5) is 5.69 Å². The van der Waals surface area contributed by atoms with Gasteiger partial charge in [-0.05, 0) is 31.2 Å². The molecule has 27 heavy (non-hydrogen) atoms. The average Bonchev–Trinajstić information content (AvgIpc) is 2.70. The Balaban J connectivity index is 1.87. The number of allylic oxidation sites excluding steroid dienone is 1. The summed E-state index contributed by atoms with van der Waals surface area (Å²) >= 11 is 1.28. The topological polar surface area (TPSA) is 55.2 Å². The average molecular weight is 379 g/mol. The Bertz CT molecular complexity index is 1010. The van der Waals surface area contributed by atoms with E-state index in [0.717, 1.165) is 5.69 Å². The lowest BCUT2D eigenvalue weighted by Crippen LogP contribution is -2.32. The summed E-state index contributed by atoms with van der Waals surface area (Å²) < 4.78 is 1.56. The van der Waals surface area contributed by atoms with Gasteiger partial charge in [-0.2, -0.15) is 0 Å². The zero-order valence-electron chi connectivity index (χ0n) is 15.2. The van der Waals surface area contributed by atoms with Gasteiger partial charge in [-0.3, -0.25) is 14.2 Å². The normalized spacial score (nSPS) is 10.7. The molecule has 0 aliphatic heterocycles. The zero-order valence-corrected chi connectivity index (χ0v) is 16.0. The number of fused-ring (bicyclic) bond motifs is 1. The van der Waals surface area contributed by atoms with Gasteiger partial charge in [0.1, 0.15) is 0 Å². The summed E-state index contributed by atoms with van der Waals surface area (Å²) in [6.45, 7) is 6.59. The molecule has 0 aliphatic carbocycles. The minimum absolute atomic E-state index is 0.0266.